The summed E-state index contributed by atoms with van der Waals surface area (Å²) in [6, 6.07) is 10.5. The number of pyridine rings is 1. The van der Waals surface area contributed by atoms with Crippen LogP contribution in [0.15, 0.2) is 40.9 Å². The summed E-state index contributed by atoms with van der Waals surface area (Å²) in [6.45, 7) is 1.94. The zero-order valence-electron chi connectivity index (χ0n) is 9.96. The molecule has 0 saturated heterocycles. The lowest BCUT2D eigenvalue weighted by Gasteiger charge is -2.04. The molecule has 0 bridgehead atoms. The molecule has 0 saturated carbocycles. The predicted molar refractivity (Wildman–Crippen MR) is 65.0 cm³/mol. The fourth-order valence-corrected chi connectivity index (χ4v) is 1.65. The molecule has 1 unspecified atom stereocenters. The minimum absolute atomic E-state index is 0.212. The molecule has 4 heteroatoms. The molecule has 90 valence electrons. The van der Waals surface area contributed by atoms with Crippen LogP contribution in [0.5, 0.6) is 0 Å². The van der Waals surface area contributed by atoms with Gasteiger partial charge in [-0.05, 0) is 24.3 Å². The number of nitriles is 1. The Kier molecular flexibility index (Phi) is 3.54. The van der Waals surface area contributed by atoms with Crippen LogP contribution in [0.4, 0.5) is 0 Å². The van der Waals surface area contributed by atoms with Crippen LogP contribution in [-0.2, 0) is 6.42 Å². The van der Waals surface area contributed by atoms with Gasteiger partial charge in [-0.25, -0.2) is 0 Å². The third kappa shape index (κ3) is 2.30. The molecule has 18 heavy (non-hydrogen) atoms. The number of aromatic nitrogens is 1. The van der Waals surface area contributed by atoms with Gasteiger partial charge in [0.25, 0.3) is 0 Å². The Morgan fingerprint density at radius 1 is 1.44 bits per heavy atom. The van der Waals surface area contributed by atoms with Gasteiger partial charge in [0.2, 0.25) is 5.78 Å². The molecule has 2 rings (SSSR count). The summed E-state index contributed by atoms with van der Waals surface area (Å²) in [5.41, 5.74) is 0.444. The topological polar surface area (TPSA) is 66.9 Å². The number of Topliss-reactive ketones (excluding diaryl/α,β-unsaturated/α-hetero) is 1. The number of nitrogens with zero attached hydrogens (tertiary/aromatic N) is 2. The van der Waals surface area contributed by atoms with Crippen LogP contribution in [-0.4, -0.2) is 10.8 Å². The Bertz CT molecular complexity index is 581. The van der Waals surface area contributed by atoms with Crippen LogP contribution in [0.3, 0.4) is 0 Å². The third-order valence-electron chi connectivity index (χ3n) is 2.63. The van der Waals surface area contributed by atoms with Gasteiger partial charge in [0, 0.05) is 12.6 Å². The number of hydrogen-bond acceptors (Lipinski definition) is 4. The molecule has 0 spiro atoms. The summed E-state index contributed by atoms with van der Waals surface area (Å²) < 4.78 is 5.37. The second kappa shape index (κ2) is 5.28. The lowest BCUT2D eigenvalue weighted by Crippen LogP contribution is -2.11. The normalized spacial score (nSPS) is 11.8. The summed E-state index contributed by atoms with van der Waals surface area (Å²) in [5.74, 6) is -0.321. The molecule has 0 aliphatic heterocycles. The van der Waals surface area contributed by atoms with E-state index >= 15 is 0 Å². The molecule has 0 aliphatic carbocycles. The first-order valence-corrected chi connectivity index (χ1v) is 5.69. The van der Waals surface area contributed by atoms with Crippen molar-refractivity contribution in [2.45, 2.75) is 19.3 Å². The number of hydrogen-bond donors (Lipinski definition) is 0. The van der Waals surface area contributed by atoms with Gasteiger partial charge in [0.05, 0.1) is 11.8 Å². The van der Waals surface area contributed by atoms with Crippen LogP contribution in [0.1, 0.15) is 34.9 Å². The van der Waals surface area contributed by atoms with Crippen LogP contribution >= 0.6 is 0 Å². The van der Waals surface area contributed by atoms with Gasteiger partial charge >= 0.3 is 0 Å². The summed E-state index contributed by atoms with van der Waals surface area (Å²) in [4.78, 5) is 16.2. The van der Waals surface area contributed by atoms with Crippen molar-refractivity contribution < 1.29 is 9.21 Å². The van der Waals surface area contributed by atoms with E-state index in [0.29, 0.717) is 12.1 Å². The summed E-state index contributed by atoms with van der Waals surface area (Å²) >= 11 is 0. The molecule has 0 radical (unpaired) electrons. The van der Waals surface area contributed by atoms with E-state index < -0.39 is 5.92 Å². The number of carbonyl (C=O) groups is 1. The first kappa shape index (κ1) is 12.1. The maximum absolute atomic E-state index is 12.1. The van der Waals surface area contributed by atoms with Gasteiger partial charge in [0.15, 0.2) is 11.7 Å². The maximum atomic E-state index is 12.1. The van der Waals surface area contributed by atoms with Crippen LogP contribution in [0, 0.1) is 11.3 Å². The Labute approximate surface area is 105 Å². The molecule has 0 aliphatic rings. The van der Waals surface area contributed by atoms with Crippen molar-refractivity contribution in [1.29, 1.82) is 5.26 Å². The number of aryl methyl sites for hydroxylation is 1. The zero-order chi connectivity index (χ0) is 13.0. The van der Waals surface area contributed by atoms with Crippen LogP contribution in [0.25, 0.3) is 0 Å². The molecule has 4 nitrogen and oxygen atoms in total. The molecule has 2 aromatic heterocycles. The molecular formula is C14H12N2O2. The quantitative estimate of drug-likeness (QED) is 0.770. The largest absolute Gasteiger partial charge is 0.458 e. The van der Waals surface area contributed by atoms with Gasteiger partial charge in [-0.3, -0.25) is 9.78 Å². The van der Waals surface area contributed by atoms with Gasteiger partial charge in [-0.15, -0.1) is 0 Å². The molecular weight excluding hydrogens is 228 g/mol. The van der Waals surface area contributed by atoms with Gasteiger partial charge in [0.1, 0.15) is 5.76 Å². The lowest BCUT2D eigenvalue weighted by molar-refractivity contribution is 0.0949. The fraction of sp³-hybridized carbons (Fsp3) is 0.214. The highest BCUT2D eigenvalue weighted by atomic mass is 16.3. The first-order valence-electron chi connectivity index (χ1n) is 5.69. The third-order valence-corrected chi connectivity index (χ3v) is 2.63. The Hall–Kier alpha value is -2.41. The second-order valence-electron chi connectivity index (χ2n) is 3.80. The van der Waals surface area contributed by atoms with Crippen molar-refractivity contribution in [2.24, 2.45) is 0 Å². The van der Waals surface area contributed by atoms with Crippen LogP contribution in [0.2, 0.25) is 0 Å². The van der Waals surface area contributed by atoms with E-state index in [2.05, 4.69) is 4.98 Å². The molecule has 0 amide bonds. The zero-order valence-corrected chi connectivity index (χ0v) is 9.96. The van der Waals surface area contributed by atoms with Crippen molar-refractivity contribution in [3.05, 3.63) is 53.7 Å². The SMILES string of the molecule is CCc1ccc(C(=O)C(C#N)c2ccccn2)o1. The molecule has 2 aromatic rings. The monoisotopic (exact) mass is 240 g/mol. The Balaban J connectivity index is 2.29. The molecule has 0 fully saturated rings. The van der Waals surface area contributed by atoms with E-state index in [9.17, 15) is 4.79 Å². The average molecular weight is 240 g/mol. The highest BCUT2D eigenvalue weighted by molar-refractivity contribution is 6.00. The lowest BCUT2D eigenvalue weighted by atomic mass is 9.99. The number of carbonyl (C=O) groups excluding carboxylic acids is 1. The summed E-state index contributed by atoms with van der Waals surface area (Å²) in [6.07, 6.45) is 2.28. The van der Waals surface area contributed by atoms with Crippen molar-refractivity contribution in [2.75, 3.05) is 0 Å². The van der Waals surface area contributed by atoms with E-state index in [1.165, 1.54) is 0 Å². The maximum Gasteiger partial charge on any atom is 0.221 e. The predicted octanol–water partition coefficient (Wildman–Crippen LogP) is 2.73. The minimum atomic E-state index is -0.915. The Morgan fingerprint density at radius 2 is 2.28 bits per heavy atom. The van der Waals surface area contributed by atoms with Crippen molar-refractivity contribution in [3.8, 4) is 6.07 Å². The summed E-state index contributed by atoms with van der Waals surface area (Å²) in [7, 11) is 0. The van der Waals surface area contributed by atoms with Crippen molar-refractivity contribution in [3.63, 3.8) is 0 Å². The van der Waals surface area contributed by atoms with E-state index in [0.717, 1.165) is 5.76 Å². The summed E-state index contributed by atoms with van der Waals surface area (Å²) in [5, 5.41) is 9.12. The smallest absolute Gasteiger partial charge is 0.221 e. The number of furan rings is 1. The van der Waals surface area contributed by atoms with E-state index in [1.54, 1.807) is 36.5 Å². The first-order chi connectivity index (χ1) is 8.76. The molecule has 0 aromatic carbocycles. The average Bonchev–Trinajstić information content (AvgIpc) is 2.89. The number of rotatable bonds is 4. The number of ketones is 1. The standard InChI is InChI=1S/C14H12N2O2/c1-2-10-6-7-13(18-10)14(17)11(9-15)12-5-3-4-8-16-12/h3-8,11H,2H2,1H3. The van der Waals surface area contributed by atoms with Crippen LogP contribution < -0.4 is 0 Å². The minimum Gasteiger partial charge on any atom is -0.458 e. The highest BCUT2D eigenvalue weighted by Gasteiger charge is 2.25. The van der Waals surface area contributed by atoms with Gasteiger partial charge in [-0.2, -0.15) is 5.26 Å². The molecule has 1 atom stereocenters. The molecule has 2 heterocycles. The van der Waals surface area contributed by atoms with E-state index in [-0.39, 0.29) is 11.5 Å². The molecule has 0 N–H and O–H groups in total. The van der Waals surface area contributed by atoms with Crippen molar-refractivity contribution in [1.82, 2.24) is 4.98 Å². The second-order valence-corrected chi connectivity index (χ2v) is 3.80. The fourth-order valence-electron chi connectivity index (χ4n) is 1.65. The van der Waals surface area contributed by atoms with Gasteiger partial charge < -0.3 is 4.42 Å². The van der Waals surface area contributed by atoms with E-state index in [4.69, 9.17) is 9.68 Å². The van der Waals surface area contributed by atoms with Gasteiger partial charge in [-0.1, -0.05) is 13.0 Å². The Morgan fingerprint density at radius 3 is 2.83 bits per heavy atom. The van der Waals surface area contributed by atoms with Crippen molar-refractivity contribution >= 4 is 5.78 Å². The highest BCUT2D eigenvalue weighted by Crippen LogP contribution is 2.20. The van der Waals surface area contributed by atoms with E-state index in [1.807, 2.05) is 13.0 Å².